The van der Waals surface area contributed by atoms with Crippen LogP contribution in [0.5, 0.6) is 5.75 Å². The molecule has 2 aliphatic heterocycles. The Morgan fingerprint density at radius 3 is 2.81 bits per heavy atom. The molecule has 3 rings (SSSR count). The SMILES string of the molecule is CC(C)N1CCC(CNC2c3ccccc3OC2(C)C)C1. The second kappa shape index (κ2) is 5.62. The Balaban J connectivity index is 1.63. The van der Waals surface area contributed by atoms with Gasteiger partial charge in [-0.1, -0.05) is 18.2 Å². The maximum atomic E-state index is 6.11. The van der Waals surface area contributed by atoms with Crippen molar-refractivity contribution >= 4 is 0 Å². The van der Waals surface area contributed by atoms with Gasteiger partial charge in [0.1, 0.15) is 11.4 Å². The van der Waals surface area contributed by atoms with Gasteiger partial charge in [0, 0.05) is 18.2 Å². The maximum absolute atomic E-state index is 6.11. The number of rotatable bonds is 4. The van der Waals surface area contributed by atoms with Crippen molar-refractivity contribution in [3.63, 3.8) is 0 Å². The molecule has 2 unspecified atom stereocenters. The van der Waals surface area contributed by atoms with Gasteiger partial charge in [-0.05, 0) is 59.2 Å². The molecule has 116 valence electrons. The van der Waals surface area contributed by atoms with Crippen LogP contribution in [0.3, 0.4) is 0 Å². The second-order valence-corrected chi connectivity index (χ2v) is 7.33. The van der Waals surface area contributed by atoms with Crippen LogP contribution in [0.25, 0.3) is 0 Å². The lowest BCUT2D eigenvalue weighted by molar-refractivity contribution is 0.0945. The molecule has 21 heavy (non-hydrogen) atoms. The quantitative estimate of drug-likeness (QED) is 0.920. The lowest BCUT2D eigenvalue weighted by atomic mass is 9.94. The van der Waals surface area contributed by atoms with Gasteiger partial charge < -0.3 is 15.0 Å². The van der Waals surface area contributed by atoms with E-state index in [1.807, 2.05) is 0 Å². The molecule has 1 aromatic rings. The van der Waals surface area contributed by atoms with E-state index in [-0.39, 0.29) is 5.60 Å². The highest BCUT2D eigenvalue weighted by atomic mass is 16.5. The van der Waals surface area contributed by atoms with Crippen LogP contribution < -0.4 is 10.1 Å². The van der Waals surface area contributed by atoms with E-state index < -0.39 is 0 Å². The highest BCUT2D eigenvalue weighted by molar-refractivity contribution is 5.42. The molecule has 2 aliphatic rings. The third-order valence-electron chi connectivity index (χ3n) is 4.96. The van der Waals surface area contributed by atoms with Crippen LogP contribution in [-0.2, 0) is 0 Å². The first-order valence-corrected chi connectivity index (χ1v) is 8.23. The van der Waals surface area contributed by atoms with Gasteiger partial charge in [-0.15, -0.1) is 0 Å². The average Bonchev–Trinajstić information content (AvgIpc) is 2.97. The minimum absolute atomic E-state index is 0.167. The Labute approximate surface area is 128 Å². The predicted octanol–water partition coefficient (Wildman–Crippen LogP) is 3.22. The number of hydrogen-bond acceptors (Lipinski definition) is 3. The molecule has 0 spiro atoms. The van der Waals surface area contributed by atoms with Crippen LogP contribution in [0.15, 0.2) is 24.3 Å². The van der Waals surface area contributed by atoms with Crippen molar-refractivity contribution in [3.8, 4) is 5.75 Å². The molecule has 0 aromatic heterocycles. The van der Waals surface area contributed by atoms with Gasteiger partial charge in [-0.2, -0.15) is 0 Å². The summed E-state index contributed by atoms with van der Waals surface area (Å²) >= 11 is 0. The molecular weight excluding hydrogens is 260 g/mol. The number of para-hydroxylation sites is 1. The molecule has 0 radical (unpaired) electrons. The van der Waals surface area contributed by atoms with Crippen molar-refractivity contribution in [2.75, 3.05) is 19.6 Å². The summed E-state index contributed by atoms with van der Waals surface area (Å²) in [5.41, 5.74) is 1.14. The molecule has 0 saturated carbocycles. The standard InChI is InChI=1S/C18H28N2O/c1-13(2)20-10-9-14(12-20)11-19-17-15-7-5-6-8-16(15)21-18(17,3)4/h5-8,13-14,17,19H,9-12H2,1-4H3. The van der Waals surface area contributed by atoms with E-state index in [1.54, 1.807) is 0 Å². The van der Waals surface area contributed by atoms with Gasteiger partial charge >= 0.3 is 0 Å². The van der Waals surface area contributed by atoms with Gasteiger partial charge in [0.2, 0.25) is 0 Å². The van der Waals surface area contributed by atoms with E-state index in [0.717, 1.165) is 18.2 Å². The number of likely N-dealkylation sites (tertiary alicyclic amines) is 1. The van der Waals surface area contributed by atoms with Crippen LogP contribution in [0.1, 0.15) is 45.7 Å². The minimum atomic E-state index is -0.167. The zero-order valence-corrected chi connectivity index (χ0v) is 13.7. The fourth-order valence-electron chi connectivity index (χ4n) is 3.67. The molecule has 0 amide bonds. The van der Waals surface area contributed by atoms with Crippen molar-refractivity contribution in [3.05, 3.63) is 29.8 Å². The molecule has 2 heterocycles. The molecule has 3 heteroatoms. The Hall–Kier alpha value is -1.06. The van der Waals surface area contributed by atoms with Crippen molar-refractivity contribution in [1.29, 1.82) is 0 Å². The number of benzene rings is 1. The Morgan fingerprint density at radius 2 is 2.10 bits per heavy atom. The predicted molar refractivity (Wildman–Crippen MR) is 86.7 cm³/mol. The minimum Gasteiger partial charge on any atom is -0.486 e. The summed E-state index contributed by atoms with van der Waals surface area (Å²) in [5.74, 6) is 1.80. The number of nitrogens with one attached hydrogen (secondary N) is 1. The third kappa shape index (κ3) is 2.95. The molecule has 2 atom stereocenters. The molecule has 0 bridgehead atoms. The smallest absolute Gasteiger partial charge is 0.125 e. The summed E-state index contributed by atoms with van der Waals surface area (Å²) in [4.78, 5) is 2.58. The lowest BCUT2D eigenvalue weighted by Crippen LogP contribution is -2.41. The fourth-order valence-corrected chi connectivity index (χ4v) is 3.67. The number of hydrogen-bond donors (Lipinski definition) is 1. The molecule has 1 fully saturated rings. The van der Waals surface area contributed by atoms with Crippen LogP contribution >= 0.6 is 0 Å². The summed E-state index contributed by atoms with van der Waals surface area (Å²) in [6, 6.07) is 9.39. The van der Waals surface area contributed by atoms with Crippen LogP contribution in [0.2, 0.25) is 0 Å². The third-order valence-corrected chi connectivity index (χ3v) is 4.96. The monoisotopic (exact) mass is 288 g/mol. The molecule has 1 N–H and O–H groups in total. The average molecular weight is 288 g/mol. The molecule has 3 nitrogen and oxygen atoms in total. The largest absolute Gasteiger partial charge is 0.486 e. The number of ether oxygens (including phenoxy) is 1. The topological polar surface area (TPSA) is 24.5 Å². The highest BCUT2D eigenvalue weighted by Gasteiger charge is 2.41. The Morgan fingerprint density at radius 1 is 1.33 bits per heavy atom. The summed E-state index contributed by atoms with van der Waals surface area (Å²) in [6.07, 6.45) is 1.31. The van der Waals surface area contributed by atoms with E-state index in [4.69, 9.17) is 4.74 Å². The summed E-state index contributed by atoms with van der Waals surface area (Å²) < 4.78 is 6.11. The van der Waals surface area contributed by atoms with Crippen molar-refractivity contribution < 1.29 is 4.74 Å². The molecular formula is C18H28N2O. The van der Waals surface area contributed by atoms with Gasteiger partial charge in [0.25, 0.3) is 0 Å². The zero-order chi connectivity index (χ0) is 15.0. The van der Waals surface area contributed by atoms with E-state index in [1.165, 1.54) is 25.1 Å². The summed E-state index contributed by atoms with van der Waals surface area (Å²) in [5, 5.41) is 3.78. The molecule has 1 aromatic carbocycles. The first kappa shape index (κ1) is 14.9. The number of fused-ring (bicyclic) bond motifs is 1. The van der Waals surface area contributed by atoms with E-state index in [2.05, 4.69) is 62.2 Å². The van der Waals surface area contributed by atoms with Crippen molar-refractivity contribution in [2.45, 2.75) is 51.8 Å². The van der Waals surface area contributed by atoms with Gasteiger partial charge in [0.05, 0.1) is 6.04 Å². The van der Waals surface area contributed by atoms with Crippen molar-refractivity contribution in [2.24, 2.45) is 5.92 Å². The normalized spacial score (nSPS) is 27.9. The van der Waals surface area contributed by atoms with Crippen LogP contribution in [0, 0.1) is 5.92 Å². The Bertz CT molecular complexity index is 498. The lowest BCUT2D eigenvalue weighted by Gasteiger charge is -2.28. The molecule has 0 aliphatic carbocycles. The van der Waals surface area contributed by atoms with Gasteiger partial charge in [-0.3, -0.25) is 0 Å². The fraction of sp³-hybridized carbons (Fsp3) is 0.667. The zero-order valence-electron chi connectivity index (χ0n) is 13.7. The van der Waals surface area contributed by atoms with E-state index in [0.29, 0.717) is 12.1 Å². The Kier molecular flexibility index (Phi) is 3.98. The first-order valence-electron chi connectivity index (χ1n) is 8.23. The molecule has 1 saturated heterocycles. The van der Waals surface area contributed by atoms with Crippen LogP contribution in [-0.4, -0.2) is 36.2 Å². The first-order chi connectivity index (χ1) is 9.97. The number of nitrogens with zero attached hydrogens (tertiary/aromatic N) is 1. The van der Waals surface area contributed by atoms with Gasteiger partial charge in [-0.25, -0.2) is 0 Å². The maximum Gasteiger partial charge on any atom is 0.125 e. The van der Waals surface area contributed by atoms with Gasteiger partial charge in [0.15, 0.2) is 0 Å². The highest BCUT2D eigenvalue weighted by Crippen LogP contribution is 2.42. The summed E-state index contributed by atoms with van der Waals surface area (Å²) in [7, 11) is 0. The summed E-state index contributed by atoms with van der Waals surface area (Å²) in [6.45, 7) is 12.5. The van der Waals surface area contributed by atoms with Crippen molar-refractivity contribution in [1.82, 2.24) is 10.2 Å². The van der Waals surface area contributed by atoms with Crippen LogP contribution in [0.4, 0.5) is 0 Å². The van der Waals surface area contributed by atoms with E-state index >= 15 is 0 Å². The second-order valence-electron chi connectivity index (χ2n) is 7.33. The van der Waals surface area contributed by atoms with E-state index in [9.17, 15) is 0 Å².